The molecule has 10 heteroatoms. The first-order valence-electron chi connectivity index (χ1n) is 9.23. The van der Waals surface area contributed by atoms with Crippen molar-refractivity contribution in [2.75, 3.05) is 24.5 Å². The molecule has 0 unspecified atom stereocenters. The van der Waals surface area contributed by atoms with Crippen LogP contribution in [0.3, 0.4) is 0 Å². The number of piperazine rings is 1. The van der Waals surface area contributed by atoms with Gasteiger partial charge in [-0.25, -0.2) is 4.68 Å². The van der Waals surface area contributed by atoms with E-state index in [-0.39, 0.29) is 25.7 Å². The average molecular weight is 395 g/mol. The van der Waals surface area contributed by atoms with Gasteiger partial charge >= 0.3 is 0 Å². The molecule has 1 amide bonds. The van der Waals surface area contributed by atoms with E-state index in [0.717, 1.165) is 22.6 Å². The summed E-state index contributed by atoms with van der Waals surface area (Å²) in [5.74, 6) is 0.985. The fourth-order valence-electron chi connectivity index (χ4n) is 3.03. The highest BCUT2D eigenvalue weighted by atomic mass is 16.5. The summed E-state index contributed by atoms with van der Waals surface area (Å²) in [6, 6.07) is 10.9. The molecule has 150 valence electrons. The summed E-state index contributed by atoms with van der Waals surface area (Å²) >= 11 is 0. The molecule has 3 aromatic rings. The van der Waals surface area contributed by atoms with Crippen LogP contribution in [0.2, 0.25) is 0 Å². The number of aromatic nitrogens is 5. The topological polar surface area (TPSA) is 118 Å². The molecule has 2 N–H and O–H groups in total. The van der Waals surface area contributed by atoms with E-state index in [1.54, 1.807) is 16.8 Å². The molecule has 2 aromatic heterocycles. The van der Waals surface area contributed by atoms with Gasteiger partial charge in [0.25, 0.3) is 0 Å². The van der Waals surface area contributed by atoms with Gasteiger partial charge in [0, 0.05) is 19.2 Å². The molecule has 1 aliphatic heterocycles. The number of aliphatic hydroxyl groups excluding tert-OH is 1. The number of carbonyl (C=O) groups excluding carboxylic acids is 1. The number of aliphatic hydroxyl groups is 1. The van der Waals surface area contributed by atoms with E-state index in [1.807, 2.05) is 36.1 Å². The highest BCUT2D eigenvalue weighted by Crippen LogP contribution is 2.18. The SMILES string of the molecule is Cc1nnn(-c2ccc(CO)cc2)c1COc1ccc(N2CCNC(=O)C2)nn1. The number of aryl methyl sites for hydroxylation is 1. The third kappa shape index (κ3) is 4.16. The van der Waals surface area contributed by atoms with Crippen molar-refractivity contribution in [3.63, 3.8) is 0 Å². The Balaban J connectivity index is 1.45. The standard InChI is InChI=1S/C19H21N7O3/c1-13-16(26(24-21-13)15-4-2-14(11-27)3-5-15)12-29-19-7-6-17(22-23-19)25-9-8-20-18(28)10-25/h2-7,27H,8-12H2,1H3,(H,20,28). The highest BCUT2D eigenvalue weighted by molar-refractivity contribution is 5.82. The summed E-state index contributed by atoms with van der Waals surface area (Å²) in [5.41, 5.74) is 3.19. The number of ether oxygens (including phenoxy) is 1. The first kappa shape index (κ1) is 18.8. The number of hydrogen-bond donors (Lipinski definition) is 2. The van der Waals surface area contributed by atoms with Gasteiger partial charge in [-0.1, -0.05) is 17.3 Å². The van der Waals surface area contributed by atoms with E-state index >= 15 is 0 Å². The van der Waals surface area contributed by atoms with Gasteiger partial charge < -0.3 is 20.1 Å². The molecule has 0 atom stereocenters. The van der Waals surface area contributed by atoms with Gasteiger partial charge in [-0.15, -0.1) is 15.3 Å². The molecule has 29 heavy (non-hydrogen) atoms. The minimum absolute atomic E-state index is 0.0105. The predicted octanol–water partition coefficient (Wildman–Crippen LogP) is 0.373. The molecular weight excluding hydrogens is 374 g/mol. The lowest BCUT2D eigenvalue weighted by Crippen LogP contribution is -2.48. The largest absolute Gasteiger partial charge is 0.470 e. The number of nitrogens with zero attached hydrogens (tertiary/aromatic N) is 6. The van der Waals surface area contributed by atoms with Crippen molar-refractivity contribution >= 4 is 11.7 Å². The Kier molecular flexibility index (Phi) is 5.34. The summed E-state index contributed by atoms with van der Waals surface area (Å²) in [6.07, 6.45) is 0. The van der Waals surface area contributed by atoms with Crippen LogP contribution < -0.4 is 15.0 Å². The number of amides is 1. The number of nitrogens with one attached hydrogen (secondary N) is 1. The summed E-state index contributed by atoms with van der Waals surface area (Å²) < 4.78 is 7.49. The smallest absolute Gasteiger partial charge is 0.239 e. The second-order valence-corrected chi connectivity index (χ2v) is 6.65. The number of benzene rings is 1. The zero-order valence-corrected chi connectivity index (χ0v) is 15.9. The van der Waals surface area contributed by atoms with Crippen LogP contribution >= 0.6 is 0 Å². The van der Waals surface area contributed by atoms with Crippen LogP contribution in [0.5, 0.6) is 5.88 Å². The Morgan fingerprint density at radius 2 is 1.97 bits per heavy atom. The minimum Gasteiger partial charge on any atom is -0.470 e. The van der Waals surface area contributed by atoms with Crippen molar-refractivity contribution < 1.29 is 14.6 Å². The summed E-state index contributed by atoms with van der Waals surface area (Å²) in [5, 5.41) is 28.6. The quantitative estimate of drug-likeness (QED) is 0.615. The zero-order valence-electron chi connectivity index (χ0n) is 15.9. The first-order valence-corrected chi connectivity index (χ1v) is 9.23. The van der Waals surface area contributed by atoms with E-state index in [9.17, 15) is 9.90 Å². The van der Waals surface area contributed by atoms with Crippen LogP contribution in [-0.4, -0.2) is 55.8 Å². The van der Waals surface area contributed by atoms with Gasteiger partial charge in [-0.2, -0.15) is 0 Å². The van der Waals surface area contributed by atoms with Crippen LogP contribution in [0.4, 0.5) is 5.82 Å². The number of hydrogen-bond acceptors (Lipinski definition) is 8. The van der Waals surface area contributed by atoms with E-state index < -0.39 is 0 Å². The van der Waals surface area contributed by atoms with Crippen LogP contribution in [-0.2, 0) is 18.0 Å². The van der Waals surface area contributed by atoms with Gasteiger partial charge in [-0.3, -0.25) is 4.79 Å². The molecule has 1 saturated heterocycles. The van der Waals surface area contributed by atoms with Crippen molar-refractivity contribution in [1.29, 1.82) is 0 Å². The van der Waals surface area contributed by atoms with Gasteiger partial charge in [0.2, 0.25) is 11.8 Å². The molecule has 3 heterocycles. The van der Waals surface area contributed by atoms with Gasteiger partial charge in [0.05, 0.1) is 24.5 Å². The first-order chi connectivity index (χ1) is 14.1. The van der Waals surface area contributed by atoms with E-state index in [1.165, 1.54) is 0 Å². The number of anilines is 1. The van der Waals surface area contributed by atoms with Gasteiger partial charge in [0.1, 0.15) is 12.3 Å². The lowest BCUT2D eigenvalue weighted by Gasteiger charge is -2.26. The molecule has 4 rings (SSSR count). The summed E-state index contributed by atoms with van der Waals surface area (Å²) in [7, 11) is 0. The third-order valence-corrected chi connectivity index (χ3v) is 4.67. The molecule has 1 fully saturated rings. The molecule has 0 saturated carbocycles. The van der Waals surface area contributed by atoms with Crippen LogP contribution in [0, 0.1) is 6.92 Å². The Labute approximate surface area is 167 Å². The second-order valence-electron chi connectivity index (χ2n) is 6.65. The molecule has 10 nitrogen and oxygen atoms in total. The Morgan fingerprint density at radius 3 is 2.66 bits per heavy atom. The Bertz CT molecular complexity index is 986. The highest BCUT2D eigenvalue weighted by Gasteiger charge is 2.18. The molecular formula is C19H21N7O3. The molecule has 1 aliphatic rings. The molecule has 0 bridgehead atoms. The molecule has 0 radical (unpaired) electrons. The fourth-order valence-corrected chi connectivity index (χ4v) is 3.03. The van der Waals surface area contributed by atoms with Crippen LogP contribution in [0.15, 0.2) is 36.4 Å². The van der Waals surface area contributed by atoms with E-state index in [0.29, 0.717) is 24.8 Å². The third-order valence-electron chi connectivity index (χ3n) is 4.67. The molecule has 1 aromatic carbocycles. The van der Waals surface area contributed by atoms with Gasteiger partial charge in [-0.05, 0) is 30.7 Å². The lowest BCUT2D eigenvalue weighted by atomic mass is 10.2. The van der Waals surface area contributed by atoms with Crippen molar-refractivity contribution in [2.45, 2.75) is 20.1 Å². The van der Waals surface area contributed by atoms with Crippen molar-refractivity contribution in [3.8, 4) is 11.6 Å². The summed E-state index contributed by atoms with van der Waals surface area (Å²) in [4.78, 5) is 13.4. The predicted molar refractivity (Wildman–Crippen MR) is 104 cm³/mol. The summed E-state index contributed by atoms with van der Waals surface area (Å²) in [6.45, 7) is 3.63. The van der Waals surface area contributed by atoms with Crippen LogP contribution in [0.25, 0.3) is 5.69 Å². The maximum Gasteiger partial charge on any atom is 0.239 e. The second kappa shape index (κ2) is 8.23. The normalized spacial score (nSPS) is 14.0. The van der Waals surface area contributed by atoms with Crippen molar-refractivity contribution in [3.05, 3.63) is 53.3 Å². The molecule has 0 spiro atoms. The number of carbonyl (C=O) groups is 1. The Morgan fingerprint density at radius 1 is 1.14 bits per heavy atom. The maximum atomic E-state index is 11.5. The zero-order chi connectivity index (χ0) is 20.2. The Hall–Kier alpha value is -3.53. The average Bonchev–Trinajstić information content (AvgIpc) is 3.13. The minimum atomic E-state index is -0.0263. The number of rotatable bonds is 6. The van der Waals surface area contributed by atoms with E-state index in [4.69, 9.17) is 4.74 Å². The molecule has 0 aliphatic carbocycles. The van der Waals surface area contributed by atoms with Crippen molar-refractivity contribution in [2.24, 2.45) is 0 Å². The van der Waals surface area contributed by atoms with Crippen LogP contribution in [0.1, 0.15) is 17.0 Å². The monoisotopic (exact) mass is 395 g/mol. The van der Waals surface area contributed by atoms with Gasteiger partial charge in [0.15, 0.2) is 5.82 Å². The van der Waals surface area contributed by atoms with Crippen molar-refractivity contribution in [1.82, 2.24) is 30.5 Å². The lowest BCUT2D eigenvalue weighted by molar-refractivity contribution is -0.120. The fraction of sp³-hybridized carbons (Fsp3) is 0.316. The van der Waals surface area contributed by atoms with E-state index in [2.05, 4.69) is 25.8 Å². The maximum absolute atomic E-state index is 11.5.